The number of aliphatic hydroxyl groups excluding tert-OH is 1. The molecular weight excluding hydrogens is 415 g/mol. The van der Waals surface area contributed by atoms with Gasteiger partial charge >= 0.3 is 5.91 Å². The molecule has 0 saturated carbocycles. The molecule has 1 aliphatic heterocycles. The summed E-state index contributed by atoms with van der Waals surface area (Å²) in [6.45, 7) is 5.44. The minimum absolute atomic E-state index is 0.0239. The van der Waals surface area contributed by atoms with E-state index in [1.807, 2.05) is 13.8 Å². The quantitative estimate of drug-likeness (QED) is 0.359. The van der Waals surface area contributed by atoms with Crippen molar-refractivity contribution in [2.75, 3.05) is 4.90 Å². The first kappa shape index (κ1) is 21.3. The molecule has 3 aromatic rings. The standard InChI is InChI=1S/C24H21FN2O5/c1-13(2)31-18-10-6-16(7-11-18)22(28)20-21(15-4-8-17(25)9-5-15)27(24(30)23(20)29)19-12-14(3)32-26-19/h4-13,21,28H,1-3H3/b22-20+/t21-/m1/s1. The molecule has 0 spiro atoms. The van der Waals surface area contributed by atoms with E-state index < -0.39 is 23.5 Å². The molecule has 32 heavy (non-hydrogen) atoms. The monoisotopic (exact) mass is 436 g/mol. The zero-order valence-electron chi connectivity index (χ0n) is 17.7. The molecule has 7 nitrogen and oxygen atoms in total. The van der Waals surface area contributed by atoms with Crippen molar-refractivity contribution in [1.29, 1.82) is 0 Å². The highest BCUT2D eigenvalue weighted by Gasteiger charge is 2.48. The molecule has 1 N–H and O–H groups in total. The van der Waals surface area contributed by atoms with Gasteiger partial charge in [-0.3, -0.25) is 14.5 Å². The van der Waals surface area contributed by atoms with Gasteiger partial charge in [0.2, 0.25) is 0 Å². The zero-order chi connectivity index (χ0) is 23.0. The molecule has 0 bridgehead atoms. The zero-order valence-corrected chi connectivity index (χ0v) is 17.7. The third-order valence-electron chi connectivity index (χ3n) is 4.99. The largest absolute Gasteiger partial charge is 0.507 e. The van der Waals surface area contributed by atoms with Gasteiger partial charge in [-0.2, -0.15) is 0 Å². The molecule has 1 aromatic heterocycles. The van der Waals surface area contributed by atoms with E-state index in [4.69, 9.17) is 9.26 Å². The number of halogens is 1. The molecule has 8 heteroatoms. The number of hydrogen-bond acceptors (Lipinski definition) is 6. The number of Topliss-reactive ketones (excluding diaryl/α,β-unsaturated/α-hetero) is 1. The first-order chi connectivity index (χ1) is 15.3. The lowest BCUT2D eigenvalue weighted by Gasteiger charge is -2.22. The van der Waals surface area contributed by atoms with Gasteiger partial charge in [0.25, 0.3) is 5.78 Å². The van der Waals surface area contributed by atoms with Gasteiger partial charge in [0.1, 0.15) is 23.1 Å². The van der Waals surface area contributed by atoms with E-state index in [-0.39, 0.29) is 23.3 Å². The maximum atomic E-state index is 13.6. The van der Waals surface area contributed by atoms with Crippen LogP contribution in [0.5, 0.6) is 5.75 Å². The number of hydrogen-bond donors (Lipinski definition) is 1. The lowest BCUT2D eigenvalue weighted by atomic mass is 9.95. The van der Waals surface area contributed by atoms with Gasteiger partial charge in [0, 0.05) is 11.6 Å². The number of carbonyl (C=O) groups is 2. The number of ether oxygens (including phenoxy) is 1. The second-order valence-corrected chi connectivity index (χ2v) is 7.71. The van der Waals surface area contributed by atoms with Gasteiger partial charge < -0.3 is 14.4 Å². The summed E-state index contributed by atoms with van der Waals surface area (Å²) in [5, 5.41) is 14.9. The van der Waals surface area contributed by atoms with E-state index in [9.17, 15) is 19.1 Å². The van der Waals surface area contributed by atoms with Crippen LogP contribution in [-0.4, -0.2) is 28.1 Å². The van der Waals surface area contributed by atoms with Gasteiger partial charge in [-0.25, -0.2) is 4.39 Å². The molecular formula is C24H21FN2O5. The number of aliphatic hydroxyl groups is 1. The maximum absolute atomic E-state index is 13.6. The predicted octanol–water partition coefficient (Wildman–Crippen LogP) is 4.54. The summed E-state index contributed by atoms with van der Waals surface area (Å²) >= 11 is 0. The first-order valence-corrected chi connectivity index (χ1v) is 10.0. The number of carbonyl (C=O) groups excluding carboxylic acids is 2. The molecule has 1 fully saturated rings. The van der Waals surface area contributed by atoms with Crippen molar-refractivity contribution in [1.82, 2.24) is 5.16 Å². The van der Waals surface area contributed by atoms with Gasteiger partial charge in [-0.1, -0.05) is 17.3 Å². The predicted molar refractivity (Wildman–Crippen MR) is 115 cm³/mol. The number of ketones is 1. The van der Waals surface area contributed by atoms with Crippen molar-refractivity contribution in [3.63, 3.8) is 0 Å². The Labute approximate surface area is 183 Å². The molecule has 2 aromatic carbocycles. The average Bonchev–Trinajstić information content (AvgIpc) is 3.29. The third-order valence-corrected chi connectivity index (χ3v) is 4.99. The van der Waals surface area contributed by atoms with Crippen LogP contribution in [0, 0.1) is 12.7 Å². The number of nitrogens with zero attached hydrogens (tertiary/aromatic N) is 2. The van der Waals surface area contributed by atoms with E-state index in [2.05, 4.69) is 5.16 Å². The second-order valence-electron chi connectivity index (χ2n) is 7.71. The summed E-state index contributed by atoms with van der Waals surface area (Å²) in [4.78, 5) is 27.1. The summed E-state index contributed by atoms with van der Waals surface area (Å²) in [7, 11) is 0. The van der Waals surface area contributed by atoms with Gasteiger partial charge in [0.05, 0.1) is 17.7 Å². The van der Waals surface area contributed by atoms with E-state index in [1.165, 1.54) is 30.3 Å². The topological polar surface area (TPSA) is 92.9 Å². The molecule has 1 saturated heterocycles. The Morgan fingerprint density at radius 2 is 1.78 bits per heavy atom. The Morgan fingerprint density at radius 1 is 1.12 bits per heavy atom. The van der Waals surface area contributed by atoms with E-state index >= 15 is 0 Å². The fourth-order valence-electron chi connectivity index (χ4n) is 3.62. The van der Waals surface area contributed by atoms with E-state index in [0.29, 0.717) is 22.6 Å². The lowest BCUT2D eigenvalue weighted by molar-refractivity contribution is -0.132. The molecule has 2 heterocycles. The fourth-order valence-corrected chi connectivity index (χ4v) is 3.62. The highest BCUT2D eigenvalue weighted by atomic mass is 19.1. The Morgan fingerprint density at radius 3 is 2.34 bits per heavy atom. The molecule has 1 atom stereocenters. The number of benzene rings is 2. The maximum Gasteiger partial charge on any atom is 0.301 e. The second kappa shape index (κ2) is 8.30. The molecule has 1 aliphatic rings. The van der Waals surface area contributed by atoms with Crippen molar-refractivity contribution in [2.45, 2.75) is 32.9 Å². The van der Waals surface area contributed by atoms with Crippen LogP contribution >= 0.6 is 0 Å². The molecule has 4 rings (SSSR count). The Hall–Kier alpha value is -3.94. The summed E-state index contributed by atoms with van der Waals surface area (Å²) in [6.07, 6.45) is -0.0239. The smallest absolute Gasteiger partial charge is 0.301 e. The van der Waals surface area contributed by atoms with E-state index in [0.717, 1.165) is 4.90 Å². The minimum Gasteiger partial charge on any atom is -0.507 e. The van der Waals surface area contributed by atoms with Crippen LogP contribution in [0.25, 0.3) is 5.76 Å². The Balaban J connectivity index is 1.85. The Kier molecular flexibility index (Phi) is 5.52. The summed E-state index contributed by atoms with van der Waals surface area (Å²) in [6, 6.07) is 12.4. The number of aromatic nitrogens is 1. The normalized spacial score (nSPS) is 17.9. The van der Waals surface area contributed by atoms with Crippen molar-refractivity contribution in [3.05, 3.63) is 82.9 Å². The van der Waals surface area contributed by atoms with Crippen molar-refractivity contribution >= 4 is 23.3 Å². The number of aryl methyl sites for hydroxylation is 1. The summed E-state index contributed by atoms with van der Waals surface area (Å²) in [5.74, 6) is -1.39. The lowest BCUT2D eigenvalue weighted by Crippen LogP contribution is -2.29. The highest BCUT2D eigenvalue weighted by Crippen LogP contribution is 2.42. The van der Waals surface area contributed by atoms with Gasteiger partial charge in [-0.15, -0.1) is 0 Å². The summed E-state index contributed by atoms with van der Waals surface area (Å²) < 4.78 is 24.2. The Bertz CT molecular complexity index is 1200. The van der Waals surface area contributed by atoms with Gasteiger partial charge in [0.15, 0.2) is 5.82 Å². The van der Waals surface area contributed by atoms with Crippen LogP contribution in [-0.2, 0) is 9.59 Å². The van der Waals surface area contributed by atoms with Gasteiger partial charge in [-0.05, 0) is 62.7 Å². The number of amides is 1. The van der Waals surface area contributed by atoms with Crippen molar-refractivity contribution in [2.24, 2.45) is 0 Å². The average molecular weight is 436 g/mol. The number of anilines is 1. The third kappa shape index (κ3) is 3.87. The van der Waals surface area contributed by atoms with Crippen LogP contribution in [0.1, 0.15) is 36.8 Å². The minimum atomic E-state index is -1.01. The van der Waals surface area contributed by atoms with Crippen molar-refractivity contribution in [3.8, 4) is 5.75 Å². The molecule has 0 unspecified atom stereocenters. The van der Waals surface area contributed by atoms with Crippen LogP contribution < -0.4 is 9.64 Å². The van der Waals surface area contributed by atoms with Crippen LogP contribution in [0.4, 0.5) is 10.2 Å². The molecule has 164 valence electrons. The van der Waals surface area contributed by atoms with Crippen LogP contribution in [0.15, 0.2) is 64.7 Å². The highest BCUT2D eigenvalue weighted by molar-refractivity contribution is 6.51. The van der Waals surface area contributed by atoms with E-state index in [1.54, 1.807) is 31.2 Å². The van der Waals surface area contributed by atoms with Crippen LogP contribution in [0.3, 0.4) is 0 Å². The molecule has 0 radical (unpaired) electrons. The van der Waals surface area contributed by atoms with Crippen molar-refractivity contribution < 1.29 is 28.3 Å². The first-order valence-electron chi connectivity index (χ1n) is 10.0. The number of rotatable bonds is 5. The summed E-state index contributed by atoms with van der Waals surface area (Å²) in [5.41, 5.74) is 0.648. The molecule has 1 amide bonds. The SMILES string of the molecule is Cc1cc(N2C(=O)C(=O)/C(=C(/O)c3ccc(OC(C)C)cc3)[C@H]2c2ccc(F)cc2)no1. The molecule has 0 aliphatic carbocycles. The van der Waals surface area contributed by atoms with Crippen LogP contribution in [0.2, 0.25) is 0 Å². The fraction of sp³-hybridized carbons (Fsp3) is 0.208.